The molecular formula is C21H27ClN2O5S. The van der Waals surface area contributed by atoms with Crippen molar-refractivity contribution in [3.05, 3.63) is 45.7 Å². The molecule has 0 bridgehead atoms. The zero-order valence-electron chi connectivity index (χ0n) is 17.5. The molecule has 1 atom stereocenters. The number of halogens is 1. The van der Waals surface area contributed by atoms with Crippen molar-refractivity contribution in [1.29, 1.82) is 0 Å². The number of urea groups is 1. The molecule has 1 aromatic carbocycles. The Morgan fingerprint density at radius 1 is 1.17 bits per heavy atom. The number of fused-ring (bicyclic) bond motifs is 1. The van der Waals surface area contributed by atoms with Gasteiger partial charge in [0.15, 0.2) is 0 Å². The molecule has 1 aliphatic carbocycles. The molecule has 0 saturated carbocycles. The van der Waals surface area contributed by atoms with Crippen molar-refractivity contribution < 1.29 is 22.7 Å². The van der Waals surface area contributed by atoms with Crippen molar-refractivity contribution in [2.24, 2.45) is 0 Å². The smallest absolute Gasteiger partial charge is 0.333 e. The van der Waals surface area contributed by atoms with Gasteiger partial charge in [-0.1, -0.05) is 39.3 Å². The van der Waals surface area contributed by atoms with Crippen molar-refractivity contribution in [3.8, 4) is 0 Å². The van der Waals surface area contributed by atoms with Crippen LogP contribution in [0.2, 0.25) is 5.02 Å². The summed E-state index contributed by atoms with van der Waals surface area (Å²) in [4.78, 5) is 12.6. The molecule has 3 N–H and O–H groups in total. The molecule has 2 amide bonds. The second kappa shape index (κ2) is 8.61. The molecule has 0 aliphatic heterocycles. The molecule has 7 nitrogen and oxygen atoms in total. The van der Waals surface area contributed by atoms with Crippen LogP contribution in [-0.2, 0) is 16.4 Å². The molecule has 1 unspecified atom stereocenters. The molecule has 3 rings (SSSR count). The number of amides is 2. The summed E-state index contributed by atoms with van der Waals surface area (Å²) in [6.07, 6.45) is 1.05. The summed E-state index contributed by atoms with van der Waals surface area (Å²) < 4.78 is 32.8. The lowest BCUT2D eigenvalue weighted by molar-refractivity contribution is 0.152. The van der Waals surface area contributed by atoms with E-state index in [4.69, 9.17) is 16.0 Å². The van der Waals surface area contributed by atoms with Crippen LogP contribution in [0.25, 0.3) is 0 Å². The van der Waals surface area contributed by atoms with Crippen LogP contribution in [0.1, 0.15) is 80.9 Å². The van der Waals surface area contributed by atoms with Crippen LogP contribution >= 0.6 is 11.6 Å². The summed E-state index contributed by atoms with van der Waals surface area (Å²) in [5.74, 6) is 0.564. The van der Waals surface area contributed by atoms with Gasteiger partial charge in [0.05, 0.1) is 6.10 Å². The Labute approximate surface area is 181 Å². The number of aryl methyl sites for hydroxylation is 1. The number of anilines is 1. The second-order valence-electron chi connectivity index (χ2n) is 8.18. The van der Waals surface area contributed by atoms with Crippen molar-refractivity contribution in [2.45, 2.75) is 70.0 Å². The van der Waals surface area contributed by atoms with Crippen LogP contribution in [0.3, 0.4) is 0 Å². The van der Waals surface area contributed by atoms with Gasteiger partial charge < -0.3 is 14.8 Å². The molecule has 0 fully saturated rings. The van der Waals surface area contributed by atoms with E-state index in [1.165, 1.54) is 6.07 Å². The normalized spacial score (nSPS) is 16.6. The van der Waals surface area contributed by atoms with Gasteiger partial charge in [-0.2, -0.15) is 8.42 Å². The number of furan rings is 1. The monoisotopic (exact) mass is 454 g/mol. The first-order chi connectivity index (χ1) is 14.0. The minimum atomic E-state index is -4.24. The fourth-order valence-corrected chi connectivity index (χ4v) is 4.78. The van der Waals surface area contributed by atoms with E-state index in [1.807, 2.05) is 32.4 Å². The fraction of sp³-hybridized carbons (Fsp3) is 0.476. The highest BCUT2D eigenvalue weighted by Gasteiger charge is 2.29. The van der Waals surface area contributed by atoms with Gasteiger partial charge in [0.25, 0.3) is 10.0 Å². The molecule has 1 aliphatic rings. The van der Waals surface area contributed by atoms with Crippen LogP contribution in [0.5, 0.6) is 0 Å². The number of sulfonamides is 1. The summed E-state index contributed by atoms with van der Waals surface area (Å²) in [5.41, 5.74) is 2.64. The first kappa shape index (κ1) is 22.7. The summed E-state index contributed by atoms with van der Waals surface area (Å²) in [6, 6.07) is 3.93. The van der Waals surface area contributed by atoms with E-state index in [2.05, 4.69) is 5.32 Å². The van der Waals surface area contributed by atoms with Gasteiger partial charge in [-0.25, -0.2) is 9.52 Å². The Morgan fingerprint density at radius 3 is 2.30 bits per heavy atom. The van der Waals surface area contributed by atoms with Crippen molar-refractivity contribution in [1.82, 2.24) is 4.72 Å². The van der Waals surface area contributed by atoms with E-state index in [1.54, 1.807) is 12.1 Å². The average Bonchev–Trinajstić information content (AvgIpc) is 3.08. The summed E-state index contributed by atoms with van der Waals surface area (Å²) >= 11 is 6.24. The quantitative estimate of drug-likeness (QED) is 0.585. The van der Waals surface area contributed by atoms with Gasteiger partial charge >= 0.3 is 6.03 Å². The number of hydrogen-bond acceptors (Lipinski definition) is 5. The number of hydrogen-bond donors (Lipinski definition) is 3. The maximum Gasteiger partial charge on any atom is 0.333 e. The van der Waals surface area contributed by atoms with Gasteiger partial charge in [0.1, 0.15) is 5.76 Å². The van der Waals surface area contributed by atoms with Crippen LogP contribution < -0.4 is 10.0 Å². The Bertz CT molecular complexity index is 1030. The second-order valence-corrected chi connectivity index (χ2v) is 10.2. The topological polar surface area (TPSA) is 109 Å². The SMILES string of the molecule is CC(C)c1cc(Cl)cc(C(C)C)c1NC(=O)NS(=O)(=O)c1cc2c(o1)CCCC2O. The van der Waals surface area contributed by atoms with Gasteiger partial charge in [0, 0.05) is 28.8 Å². The van der Waals surface area contributed by atoms with Crippen molar-refractivity contribution >= 4 is 33.3 Å². The third kappa shape index (κ3) is 4.66. The first-order valence-corrected chi connectivity index (χ1v) is 11.8. The number of nitrogens with one attached hydrogen (secondary N) is 2. The molecule has 9 heteroatoms. The summed E-state index contributed by atoms with van der Waals surface area (Å²) in [5, 5.41) is 12.9. The van der Waals surface area contributed by atoms with Crippen LogP contribution in [0.4, 0.5) is 10.5 Å². The number of carbonyl (C=O) groups excluding carboxylic acids is 1. The third-order valence-corrected chi connectivity index (χ3v) is 6.60. The maximum absolute atomic E-state index is 12.7. The Morgan fingerprint density at radius 2 is 1.77 bits per heavy atom. The highest BCUT2D eigenvalue weighted by Crippen LogP contribution is 2.36. The predicted octanol–water partition coefficient (Wildman–Crippen LogP) is 5.06. The maximum atomic E-state index is 12.7. The molecule has 0 saturated heterocycles. The zero-order chi connectivity index (χ0) is 22.2. The van der Waals surface area contributed by atoms with Crippen molar-refractivity contribution in [3.63, 3.8) is 0 Å². The van der Waals surface area contributed by atoms with E-state index in [0.717, 1.165) is 11.1 Å². The van der Waals surface area contributed by atoms with E-state index in [0.29, 0.717) is 41.3 Å². The minimum Gasteiger partial charge on any atom is -0.447 e. The zero-order valence-corrected chi connectivity index (χ0v) is 19.0. The number of rotatable bonds is 5. The number of aliphatic hydroxyl groups is 1. The molecule has 0 radical (unpaired) electrons. The molecule has 164 valence electrons. The van der Waals surface area contributed by atoms with E-state index in [-0.39, 0.29) is 16.9 Å². The Hall–Kier alpha value is -2.03. The summed E-state index contributed by atoms with van der Waals surface area (Å²) in [6.45, 7) is 7.87. The summed E-state index contributed by atoms with van der Waals surface area (Å²) in [7, 11) is -4.24. The van der Waals surface area contributed by atoms with Crippen LogP contribution in [0, 0.1) is 0 Å². The molecule has 1 aromatic heterocycles. The lowest BCUT2D eigenvalue weighted by Gasteiger charge is -2.21. The fourth-order valence-electron chi connectivity index (χ4n) is 3.65. The predicted molar refractivity (Wildman–Crippen MR) is 116 cm³/mol. The highest BCUT2D eigenvalue weighted by atomic mass is 35.5. The van der Waals surface area contributed by atoms with Gasteiger partial charge in [-0.3, -0.25) is 0 Å². The van der Waals surface area contributed by atoms with Gasteiger partial charge in [-0.05, 0) is 47.9 Å². The van der Waals surface area contributed by atoms with E-state index in [9.17, 15) is 18.3 Å². The lowest BCUT2D eigenvalue weighted by atomic mass is 9.92. The van der Waals surface area contributed by atoms with Crippen LogP contribution in [-0.4, -0.2) is 19.6 Å². The minimum absolute atomic E-state index is 0.0615. The number of benzene rings is 1. The molecule has 1 heterocycles. The van der Waals surface area contributed by atoms with Crippen LogP contribution in [0.15, 0.2) is 27.7 Å². The van der Waals surface area contributed by atoms with Crippen molar-refractivity contribution in [2.75, 3.05) is 5.32 Å². The average molecular weight is 455 g/mol. The molecule has 30 heavy (non-hydrogen) atoms. The van der Waals surface area contributed by atoms with E-state index < -0.39 is 22.2 Å². The Kier molecular flexibility index (Phi) is 6.50. The molecular weight excluding hydrogens is 428 g/mol. The van der Waals surface area contributed by atoms with Gasteiger partial charge in [-0.15, -0.1) is 0 Å². The highest BCUT2D eigenvalue weighted by molar-refractivity contribution is 7.89. The number of carbonyl (C=O) groups is 1. The van der Waals surface area contributed by atoms with Gasteiger partial charge in [0.2, 0.25) is 5.09 Å². The largest absolute Gasteiger partial charge is 0.447 e. The molecule has 0 spiro atoms. The van der Waals surface area contributed by atoms with E-state index >= 15 is 0 Å². The lowest BCUT2D eigenvalue weighted by Crippen LogP contribution is -2.34. The number of aliphatic hydroxyl groups excluding tert-OH is 1. The Balaban J connectivity index is 1.87. The first-order valence-electron chi connectivity index (χ1n) is 9.97. The molecule has 2 aromatic rings. The third-order valence-electron chi connectivity index (χ3n) is 5.20. The standard InChI is InChI=1S/C21H27ClN2O5S/c1-11(2)14-8-13(22)9-15(12(3)4)20(14)23-21(26)24-30(27,28)19-10-16-17(25)6-5-7-18(16)29-19/h8-12,17,25H,5-7H2,1-4H3,(H2,23,24,26).